The fourth-order valence-electron chi connectivity index (χ4n) is 4.35. The highest BCUT2D eigenvalue weighted by molar-refractivity contribution is 5.91. The molecule has 1 aliphatic heterocycles. The van der Waals surface area contributed by atoms with E-state index in [0.717, 1.165) is 25.0 Å². The predicted octanol–water partition coefficient (Wildman–Crippen LogP) is 2.07. The van der Waals surface area contributed by atoms with E-state index in [0.29, 0.717) is 18.9 Å². The summed E-state index contributed by atoms with van der Waals surface area (Å²) in [6.07, 6.45) is 2.64. The van der Waals surface area contributed by atoms with E-state index in [1.807, 2.05) is 43.3 Å². The standard InChI is InChI=1S/C18H28N4O3/c1-12-8-14(22(20-12)17(2,3)4)19-15(23)10-21-9-13-6-5-7-18(13,11-21)16(24)25/h8,13H,5-7,9-11H2,1-4H3,(H,19,23)(H,24,25)/t13-,18+/m0/s1. The van der Waals surface area contributed by atoms with Gasteiger partial charge in [0.05, 0.1) is 23.2 Å². The zero-order valence-corrected chi connectivity index (χ0v) is 15.5. The average molecular weight is 348 g/mol. The molecule has 1 saturated carbocycles. The SMILES string of the molecule is Cc1cc(NC(=O)CN2C[C@@H]3CCC[C@@]3(C(=O)O)C2)n(C(C)(C)C)n1. The first kappa shape index (κ1) is 17.9. The van der Waals surface area contributed by atoms with Gasteiger partial charge in [-0.15, -0.1) is 0 Å². The third kappa shape index (κ3) is 3.29. The quantitative estimate of drug-likeness (QED) is 0.870. The van der Waals surface area contributed by atoms with Crippen molar-refractivity contribution < 1.29 is 14.7 Å². The molecule has 0 radical (unpaired) electrons. The minimum Gasteiger partial charge on any atom is -0.481 e. The molecule has 3 rings (SSSR count). The van der Waals surface area contributed by atoms with Crippen LogP contribution in [0.4, 0.5) is 5.82 Å². The van der Waals surface area contributed by atoms with Crippen LogP contribution in [0.5, 0.6) is 0 Å². The van der Waals surface area contributed by atoms with Crippen molar-refractivity contribution in [1.82, 2.24) is 14.7 Å². The van der Waals surface area contributed by atoms with Gasteiger partial charge in [-0.3, -0.25) is 14.5 Å². The van der Waals surface area contributed by atoms with E-state index in [9.17, 15) is 14.7 Å². The summed E-state index contributed by atoms with van der Waals surface area (Å²) in [7, 11) is 0. The Bertz CT molecular complexity index is 691. The molecule has 2 atom stereocenters. The number of carboxylic acid groups (broad SMARTS) is 1. The largest absolute Gasteiger partial charge is 0.481 e. The summed E-state index contributed by atoms with van der Waals surface area (Å²) in [5.41, 5.74) is -0.0235. The lowest BCUT2D eigenvalue weighted by atomic mass is 9.81. The van der Waals surface area contributed by atoms with Gasteiger partial charge in [0.1, 0.15) is 5.82 Å². The number of fused-ring (bicyclic) bond motifs is 1. The second-order valence-electron chi connectivity index (χ2n) is 8.52. The number of aromatic nitrogens is 2. The van der Waals surface area contributed by atoms with Crippen molar-refractivity contribution in [1.29, 1.82) is 0 Å². The molecular weight excluding hydrogens is 320 g/mol. The Morgan fingerprint density at radius 1 is 1.44 bits per heavy atom. The van der Waals surface area contributed by atoms with E-state index < -0.39 is 11.4 Å². The van der Waals surface area contributed by atoms with Crippen LogP contribution in [0, 0.1) is 18.3 Å². The van der Waals surface area contributed by atoms with Gasteiger partial charge in [0.2, 0.25) is 5.91 Å². The van der Waals surface area contributed by atoms with Crippen LogP contribution in [0.3, 0.4) is 0 Å². The number of hydrogen-bond donors (Lipinski definition) is 2. The van der Waals surface area contributed by atoms with Gasteiger partial charge in [0, 0.05) is 19.2 Å². The van der Waals surface area contributed by atoms with Gasteiger partial charge in [-0.2, -0.15) is 5.10 Å². The van der Waals surface area contributed by atoms with E-state index in [4.69, 9.17) is 0 Å². The molecule has 2 N–H and O–H groups in total. The molecule has 1 aromatic heterocycles. The van der Waals surface area contributed by atoms with Gasteiger partial charge in [-0.05, 0) is 46.5 Å². The number of amides is 1. The lowest BCUT2D eigenvalue weighted by Crippen LogP contribution is -2.38. The number of carbonyl (C=O) groups excluding carboxylic acids is 1. The highest BCUT2D eigenvalue weighted by atomic mass is 16.4. The minimum absolute atomic E-state index is 0.120. The molecular formula is C18H28N4O3. The first-order valence-corrected chi connectivity index (χ1v) is 8.94. The van der Waals surface area contributed by atoms with Crippen LogP contribution in [0.1, 0.15) is 45.7 Å². The van der Waals surface area contributed by atoms with Gasteiger partial charge in [-0.1, -0.05) is 6.42 Å². The summed E-state index contributed by atoms with van der Waals surface area (Å²) >= 11 is 0. The number of nitrogens with zero attached hydrogens (tertiary/aromatic N) is 3. The minimum atomic E-state index is -0.709. The lowest BCUT2D eigenvalue weighted by molar-refractivity contribution is -0.149. The maximum absolute atomic E-state index is 12.5. The molecule has 0 aromatic carbocycles. The Morgan fingerprint density at radius 3 is 2.76 bits per heavy atom. The molecule has 1 amide bonds. The van der Waals surface area contributed by atoms with Crippen LogP contribution >= 0.6 is 0 Å². The number of likely N-dealkylation sites (tertiary alicyclic amines) is 1. The molecule has 1 aliphatic carbocycles. The molecule has 2 aliphatic rings. The molecule has 2 heterocycles. The lowest BCUT2D eigenvalue weighted by Gasteiger charge is -2.24. The molecule has 2 fully saturated rings. The van der Waals surface area contributed by atoms with Gasteiger partial charge in [-0.25, -0.2) is 4.68 Å². The molecule has 138 valence electrons. The van der Waals surface area contributed by atoms with Gasteiger partial charge < -0.3 is 10.4 Å². The maximum atomic E-state index is 12.5. The van der Waals surface area contributed by atoms with E-state index in [1.165, 1.54) is 0 Å². The van der Waals surface area contributed by atoms with Crippen LogP contribution in [-0.4, -0.2) is 51.3 Å². The summed E-state index contributed by atoms with van der Waals surface area (Å²) in [5.74, 6) is 0.0211. The zero-order valence-electron chi connectivity index (χ0n) is 15.5. The second-order valence-corrected chi connectivity index (χ2v) is 8.52. The fraction of sp³-hybridized carbons (Fsp3) is 0.722. The third-order valence-corrected chi connectivity index (χ3v) is 5.47. The normalized spacial score (nSPS) is 26.6. The van der Waals surface area contributed by atoms with Gasteiger partial charge in [0.15, 0.2) is 0 Å². The maximum Gasteiger partial charge on any atom is 0.311 e. The van der Waals surface area contributed by atoms with Gasteiger partial charge in [0.25, 0.3) is 0 Å². The molecule has 0 unspecified atom stereocenters. The number of anilines is 1. The summed E-state index contributed by atoms with van der Waals surface area (Å²) in [5, 5.41) is 17.1. The third-order valence-electron chi connectivity index (χ3n) is 5.47. The number of carbonyl (C=O) groups is 2. The monoisotopic (exact) mass is 348 g/mol. The predicted molar refractivity (Wildman–Crippen MR) is 94.4 cm³/mol. The van der Waals surface area contributed by atoms with E-state index in [-0.39, 0.29) is 23.9 Å². The van der Waals surface area contributed by atoms with Crippen molar-refractivity contribution in [3.8, 4) is 0 Å². The smallest absolute Gasteiger partial charge is 0.311 e. The number of aliphatic carboxylic acids is 1. The van der Waals surface area contributed by atoms with Crippen molar-refractivity contribution in [2.24, 2.45) is 11.3 Å². The molecule has 25 heavy (non-hydrogen) atoms. The highest BCUT2D eigenvalue weighted by Gasteiger charge is 2.54. The fourth-order valence-corrected chi connectivity index (χ4v) is 4.35. The second kappa shape index (κ2) is 6.12. The highest BCUT2D eigenvalue weighted by Crippen LogP contribution is 2.48. The van der Waals surface area contributed by atoms with Crippen LogP contribution < -0.4 is 5.32 Å². The molecule has 0 bridgehead atoms. The average Bonchev–Trinajstić information content (AvgIpc) is 3.10. The summed E-state index contributed by atoms with van der Waals surface area (Å²) in [4.78, 5) is 26.2. The molecule has 1 aromatic rings. The van der Waals surface area contributed by atoms with Crippen LogP contribution in [-0.2, 0) is 15.1 Å². The zero-order chi connectivity index (χ0) is 18.4. The molecule has 1 saturated heterocycles. The van der Waals surface area contributed by atoms with E-state index in [2.05, 4.69) is 10.4 Å². The Labute approximate surface area is 148 Å². The van der Waals surface area contributed by atoms with Gasteiger partial charge >= 0.3 is 5.97 Å². The molecule has 0 spiro atoms. The topological polar surface area (TPSA) is 87.5 Å². The summed E-state index contributed by atoms with van der Waals surface area (Å²) in [6.45, 7) is 9.39. The number of rotatable bonds is 4. The Balaban J connectivity index is 1.66. The Morgan fingerprint density at radius 2 is 2.16 bits per heavy atom. The number of aryl methyl sites for hydroxylation is 1. The summed E-state index contributed by atoms with van der Waals surface area (Å²) < 4.78 is 1.82. The van der Waals surface area contributed by atoms with Crippen molar-refractivity contribution in [3.05, 3.63) is 11.8 Å². The summed E-state index contributed by atoms with van der Waals surface area (Å²) in [6, 6.07) is 1.86. The van der Waals surface area contributed by atoms with Crippen molar-refractivity contribution >= 4 is 17.7 Å². The Hall–Kier alpha value is -1.89. The van der Waals surface area contributed by atoms with E-state index in [1.54, 1.807) is 0 Å². The number of hydrogen-bond acceptors (Lipinski definition) is 4. The first-order chi connectivity index (χ1) is 11.6. The number of nitrogens with one attached hydrogen (secondary N) is 1. The first-order valence-electron chi connectivity index (χ1n) is 8.94. The molecule has 7 heteroatoms. The number of carboxylic acids is 1. The van der Waals surface area contributed by atoms with Crippen molar-refractivity contribution in [2.45, 2.75) is 52.5 Å². The van der Waals surface area contributed by atoms with Crippen LogP contribution in [0.2, 0.25) is 0 Å². The molecule has 7 nitrogen and oxygen atoms in total. The van der Waals surface area contributed by atoms with Crippen molar-refractivity contribution in [2.75, 3.05) is 25.0 Å². The van der Waals surface area contributed by atoms with E-state index >= 15 is 0 Å². The Kier molecular flexibility index (Phi) is 4.39. The van der Waals surface area contributed by atoms with Crippen LogP contribution in [0.15, 0.2) is 6.07 Å². The van der Waals surface area contributed by atoms with Crippen molar-refractivity contribution in [3.63, 3.8) is 0 Å². The van der Waals surface area contributed by atoms with Crippen LogP contribution in [0.25, 0.3) is 0 Å².